The van der Waals surface area contributed by atoms with Crippen LogP contribution in [-0.4, -0.2) is 33.6 Å². The average molecular weight is 301 g/mol. The molecule has 116 valence electrons. The second-order valence-electron chi connectivity index (χ2n) is 4.66. The molecule has 0 aromatic carbocycles. The van der Waals surface area contributed by atoms with Crippen LogP contribution in [0.4, 0.5) is 24.8 Å². The van der Waals surface area contributed by atoms with Gasteiger partial charge in [-0.1, -0.05) is 0 Å². The molecule has 0 fully saturated rings. The molecular weight excluding hydrogens is 283 g/mol. The second kappa shape index (κ2) is 6.64. The molecule has 2 aromatic heterocycles. The van der Waals surface area contributed by atoms with Crippen LogP contribution >= 0.6 is 0 Å². The van der Waals surface area contributed by atoms with E-state index in [1.54, 1.807) is 12.4 Å². The van der Waals surface area contributed by atoms with Gasteiger partial charge in [0, 0.05) is 31.9 Å². The number of anilines is 2. The summed E-state index contributed by atoms with van der Waals surface area (Å²) in [5.74, 6) is 1.27. The van der Waals surface area contributed by atoms with Crippen molar-refractivity contribution >= 4 is 17.3 Å². The average Bonchev–Trinajstić information content (AvgIpc) is 2.85. The predicted molar refractivity (Wildman–Crippen MR) is 75.5 cm³/mol. The number of hydrogen-bond donors (Lipinski definition) is 2. The van der Waals surface area contributed by atoms with Crippen LogP contribution in [0.2, 0.25) is 0 Å². The Hall–Kier alpha value is -1.99. The Morgan fingerprint density at radius 2 is 2.05 bits per heavy atom. The van der Waals surface area contributed by atoms with Crippen molar-refractivity contribution in [1.29, 1.82) is 0 Å². The molecule has 0 atom stereocenters. The first-order valence-corrected chi connectivity index (χ1v) is 6.88. The summed E-state index contributed by atoms with van der Waals surface area (Å²) in [5, 5.41) is 6.16. The van der Waals surface area contributed by atoms with Crippen LogP contribution < -0.4 is 10.6 Å². The lowest BCUT2D eigenvalue weighted by Gasteiger charge is -2.10. The molecule has 0 bridgehead atoms. The Labute approximate surface area is 120 Å². The van der Waals surface area contributed by atoms with Crippen LogP contribution in [0.3, 0.4) is 0 Å². The van der Waals surface area contributed by atoms with Gasteiger partial charge < -0.3 is 15.0 Å². The summed E-state index contributed by atoms with van der Waals surface area (Å²) < 4.78 is 38.0. The summed E-state index contributed by atoms with van der Waals surface area (Å²) in [7, 11) is 0. The maximum atomic E-state index is 12.1. The lowest BCUT2D eigenvalue weighted by atomic mass is 10.2. The van der Waals surface area contributed by atoms with Gasteiger partial charge in [-0.2, -0.15) is 13.2 Å². The highest BCUT2D eigenvalue weighted by Crippen LogP contribution is 2.22. The van der Waals surface area contributed by atoms with Gasteiger partial charge >= 0.3 is 6.18 Å². The number of fused-ring (bicyclic) bond motifs is 1. The number of unbranched alkanes of at least 4 members (excludes halogenated alkanes) is 1. The van der Waals surface area contributed by atoms with Crippen molar-refractivity contribution in [2.24, 2.45) is 0 Å². The van der Waals surface area contributed by atoms with Gasteiger partial charge in [0.2, 0.25) is 0 Å². The minimum Gasteiger partial charge on any atom is -0.369 e. The monoisotopic (exact) mass is 301 g/mol. The van der Waals surface area contributed by atoms with Crippen LogP contribution in [0.1, 0.15) is 26.2 Å². The highest BCUT2D eigenvalue weighted by molar-refractivity contribution is 5.65. The first-order chi connectivity index (χ1) is 9.99. The topological polar surface area (TPSA) is 54.2 Å². The quantitative estimate of drug-likeness (QED) is 0.770. The lowest BCUT2D eigenvalue weighted by molar-refractivity contribution is -0.135. The summed E-state index contributed by atoms with van der Waals surface area (Å²) in [4.78, 5) is 8.57. The molecule has 0 amide bonds. The van der Waals surface area contributed by atoms with Gasteiger partial charge in [-0.25, -0.2) is 9.97 Å². The van der Waals surface area contributed by atoms with E-state index in [4.69, 9.17) is 0 Å². The van der Waals surface area contributed by atoms with Crippen molar-refractivity contribution in [3.8, 4) is 0 Å². The Bertz CT molecular complexity index is 579. The molecule has 0 saturated heterocycles. The third-order valence-electron chi connectivity index (χ3n) is 2.91. The zero-order valence-corrected chi connectivity index (χ0v) is 11.7. The molecular formula is C13H18F3N5. The third kappa shape index (κ3) is 4.51. The van der Waals surface area contributed by atoms with E-state index in [1.165, 1.54) is 0 Å². The highest BCUT2D eigenvalue weighted by Gasteiger charge is 2.25. The molecule has 0 aliphatic heterocycles. The molecule has 8 heteroatoms. The minimum absolute atomic E-state index is 0.105. The normalized spacial score (nSPS) is 11.8. The van der Waals surface area contributed by atoms with Crippen molar-refractivity contribution in [2.45, 2.75) is 32.4 Å². The van der Waals surface area contributed by atoms with Crippen LogP contribution in [0.15, 0.2) is 18.6 Å². The Morgan fingerprint density at radius 3 is 2.76 bits per heavy atom. The molecule has 5 nitrogen and oxygen atoms in total. The van der Waals surface area contributed by atoms with Gasteiger partial charge in [0.05, 0.1) is 6.20 Å². The van der Waals surface area contributed by atoms with Crippen LogP contribution in [0, 0.1) is 0 Å². The molecule has 0 saturated carbocycles. The molecule has 21 heavy (non-hydrogen) atoms. The fraction of sp³-hybridized carbons (Fsp3) is 0.538. The van der Waals surface area contributed by atoms with Crippen molar-refractivity contribution < 1.29 is 13.2 Å². The van der Waals surface area contributed by atoms with E-state index < -0.39 is 12.6 Å². The van der Waals surface area contributed by atoms with Gasteiger partial charge in [0.25, 0.3) is 0 Å². The van der Waals surface area contributed by atoms with Crippen molar-refractivity contribution in [2.75, 3.05) is 23.7 Å². The Balaban J connectivity index is 1.95. The fourth-order valence-electron chi connectivity index (χ4n) is 1.97. The highest BCUT2D eigenvalue weighted by atomic mass is 19.4. The Kier molecular flexibility index (Phi) is 4.87. The number of rotatable bonds is 7. The first-order valence-electron chi connectivity index (χ1n) is 6.88. The summed E-state index contributed by atoms with van der Waals surface area (Å²) in [6.07, 6.45) is 0.973. The van der Waals surface area contributed by atoms with Crippen molar-refractivity contribution in [3.63, 3.8) is 0 Å². The van der Waals surface area contributed by atoms with Crippen molar-refractivity contribution in [3.05, 3.63) is 18.6 Å². The molecule has 0 aliphatic rings. The fourth-order valence-corrected chi connectivity index (χ4v) is 1.97. The molecule has 0 spiro atoms. The third-order valence-corrected chi connectivity index (χ3v) is 2.91. The number of imidazole rings is 1. The first kappa shape index (κ1) is 15.4. The number of nitrogens with one attached hydrogen (secondary N) is 2. The summed E-state index contributed by atoms with van der Waals surface area (Å²) in [5.41, 5.74) is 0.660. The van der Waals surface area contributed by atoms with Crippen molar-refractivity contribution in [1.82, 2.24) is 14.4 Å². The van der Waals surface area contributed by atoms with E-state index in [-0.39, 0.29) is 6.42 Å². The molecule has 2 heterocycles. The van der Waals surface area contributed by atoms with Gasteiger partial charge in [-0.3, -0.25) is 0 Å². The van der Waals surface area contributed by atoms with Gasteiger partial charge in [0.15, 0.2) is 11.5 Å². The van der Waals surface area contributed by atoms with E-state index in [0.29, 0.717) is 30.2 Å². The number of hydrogen-bond acceptors (Lipinski definition) is 4. The standard InChI is InChI=1S/C13H18F3N5/c1-2-17-10-9-21-8-7-19-12(21)11(20-10)18-6-4-3-5-13(14,15)16/h7-9,17H,2-6H2,1H3,(H,18,20). The SMILES string of the molecule is CCNc1cn2ccnc2c(NCCCCC(F)(F)F)n1. The maximum Gasteiger partial charge on any atom is 0.389 e. The van der Waals surface area contributed by atoms with E-state index >= 15 is 0 Å². The molecule has 0 radical (unpaired) electrons. The number of nitrogens with zero attached hydrogens (tertiary/aromatic N) is 3. The molecule has 0 aliphatic carbocycles. The van der Waals surface area contributed by atoms with E-state index in [9.17, 15) is 13.2 Å². The second-order valence-corrected chi connectivity index (χ2v) is 4.66. The van der Waals surface area contributed by atoms with Crippen LogP contribution in [0.5, 0.6) is 0 Å². The van der Waals surface area contributed by atoms with Gasteiger partial charge in [-0.05, 0) is 19.8 Å². The summed E-state index contributed by atoms with van der Waals surface area (Å²) >= 11 is 0. The zero-order chi connectivity index (χ0) is 15.3. The van der Waals surface area contributed by atoms with Crippen LogP contribution in [-0.2, 0) is 0 Å². The van der Waals surface area contributed by atoms with Gasteiger partial charge in [-0.15, -0.1) is 0 Å². The van der Waals surface area contributed by atoms with E-state index in [2.05, 4.69) is 20.6 Å². The van der Waals surface area contributed by atoms with Gasteiger partial charge in [0.1, 0.15) is 5.82 Å². The maximum absolute atomic E-state index is 12.1. The minimum atomic E-state index is -4.08. The Morgan fingerprint density at radius 1 is 1.24 bits per heavy atom. The molecule has 2 aromatic rings. The molecule has 0 unspecified atom stereocenters. The van der Waals surface area contributed by atoms with Crippen LogP contribution in [0.25, 0.3) is 5.65 Å². The van der Waals surface area contributed by atoms with E-state index in [0.717, 1.165) is 6.54 Å². The zero-order valence-electron chi connectivity index (χ0n) is 11.7. The number of halogens is 3. The van der Waals surface area contributed by atoms with E-state index in [1.807, 2.05) is 17.5 Å². The predicted octanol–water partition coefficient (Wildman–Crippen LogP) is 3.31. The lowest BCUT2D eigenvalue weighted by Crippen LogP contribution is -2.11. The summed E-state index contributed by atoms with van der Waals surface area (Å²) in [6, 6.07) is 0. The molecule has 2 N–H and O–H groups in total. The molecule has 2 rings (SSSR count). The summed E-state index contributed by atoms with van der Waals surface area (Å²) in [6.45, 7) is 3.13. The number of alkyl halides is 3. The largest absolute Gasteiger partial charge is 0.389 e. The smallest absolute Gasteiger partial charge is 0.369 e. The number of aromatic nitrogens is 3.